The highest BCUT2D eigenvalue weighted by molar-refractivity contribution is 5.79. The molecule has 6 heteroatoms. The van der Waals surface area contributed by atoms with E-state index >= 15 is 0 Å². The molecule has 0 bridgehead atoms. The van der Waals surface area contributed by atoms with Crippen molar-refractivity contribution in [1.82, 2.24) is 15.5 Å². The smallest absolute Gasteiger partial charge is 0.225 e. The first kappa shape index (κ1) is 17.4. The van der Waals surface area contributed by atoms with Crippen molar-refractivity contribution in [1.29, 1.82) is 0 Å². The normalized spacial score (nSPS) is 16.4. The van der Waals surface area contributed by atoms with Gasteiger partial charge in [-0.25, -0.2) is 0 Å². The van der Waals surface area contributed by atoms with E-state index in [0.29, 0.717) is 39.0 Å². The summed E-state index contributed by atoms with van der Waals surface area (Å²) in [7, 11) is 2.02. The maximum Gasteiger partial charge on any atom is 0.225 e. The molecular weight excluding hydrogens is 258 g/mol. The Morgan fingerprint density at radius 1 is 1.15 bits per heavy atom. The minimum Gasteiger partial charge on any atom is -0.378 e. The Morgan fingerprint density at radius 2 is 1.75 bits per heavy atom. The molecule has 0 spiro atoms. The maximum atomic E-state index is 11.6. The second kappa shape index (κ2) is 10.1. The largest absolute Gasteiger partial charge is 0.378 e. The van der Waals surface area contributed by atoms with Gasteiger partial charge in [-0.1, -0.05) is 13.8 Å². The van der Waals surface area contributed by atoms with Gasteiger partial charge in [-0.15, -0.1) is 0 Å². The van der Waals surface area contributed by atoms with Crippen LogP contribution in [-0.2, 0) is 14.3 Å². The molecular formula is C14H29N3O3. The van der Waals surface area contributed by atoms with Crippen molar-refractivity contribution in [3.05, 3.63) is 0 Å². The Hall–Kier alpha value is -0.690. The van der Waals surface area contributed by atoms with Gasteiger partial charge >= 0.3 is 0 Å². The van der Waals surface area contributed by atoms with Gasteiger partial charge in [0.2, 0.25) is 5.91 Å². The van der Waals surface area contributed by atoms with Crippen molar-refractivity contribution in [2.45, 2.75) is 19.9 Å². The number of nitrogens with zero attached hydrogens (tertiary/aromatic N) is 1. The summed E-state index contributed by atoms with van der Waals surface area (Å²) in [5.41, 5.74) is 0. The highest BCUT2D eigenvalue weighted by Crippen LogP contribution is 2.11. The van der Waals surface area contributed by atoms with Crippen molar-refractivity contribution in [2.75, 3.05) is 59.7 Å². The second-order valence-electron chi connectivity index (χ2n) is 5.54. The van der Waals surface area contributed by atoms with E-state index in [0.717, 1.165) is 19.6 Å². The van der Waals surface area contributed by atoms with Gasteiger partial charge in [0.15, 0.2) is 0 Å². The molecule has 0 atom stereocenters. The van der Waals surface area contributed by atoms with Crippen LogP contribution in [0, 0.1) is 5.92 Å². The monoisotopic (exact) mass is 287 g/mol. The van der Waals surface area contributed by atoms with E-state index in [2.05, 4.69) is 29.4 Å². The van der Waals surface area contributed by atoms with E-state index in [4.69, 9.17) is 9.47 Å². The molecule has 2 N–H and O–H groups in total. The van der Waals surface area contributed by atoms with Crippen LogP contribution >= 0.6 is 0 Å². The molecule has 1 aliphatic heterocycles. The predicted molar refractivity (Wildman–Crippen MR) is 78.8 cm³/mol. The minimum absolute atomic E-state index is 0.141. The Balaban J connectivity index is 1.77. The van der Waals surface area contributed by atoms with E-state index in [9.17, 15) is 4.79 Å². The molecule has 1 saturated heterocycles. The first-order chi connectivity index (χ1) is 9.59. The van der Waals surface area contributed by atoms with Crippen LogP contribution in [0.1, 0.15) is 13.8 Å². The molecule has 1 heterocycles. The highest BCUT2D eigenvalue weighted by Gasteiger charge is 2.29. The number of hydrogen-bond acceptors (Lipinski definition) is 5. The zero-order valence-corrected chi connectivity index (χ0v) is 13.0. The Labute approximate surface area is 122 Å². The van der Waals surface area contributed by atoms with E-state index in [1.807, 2.05) is 7.05 Å². The fourth-order valence-electron chi connectivity index (χ4n) is 2.00. The fourth-order valence-corrected chi connectivity index (χ4v) is 2.00. The van der Waals surface area contributed by atoms with Crippen LogP contribution in [0.3, 0.4) is 0 Å². The molecule has 20 heavy (non-hydrogen) atoms. The molecule has 0 aromatic rings. The molecule has 1 aliphatic rings. The van der Waals surface area contributed by atoms with Crippen molar-refractivity contribution in [2.24, 2.45) is 5.92 Å². The first-order valence-corrected chi connectivity index (χ1v) is 7.44. The fraction of sp³-hybridized carbons (Fsp3) is 0.929. The van der Waals surface area contributed by atoms with Gasteiger partial charge in [0.05, 0.1) is 32.3 Å². The Kier molecular flexibility index (Phi) is 8.77. The summed E-state index contributed by atoms with van der Waals surface area (Å²) in [6.07, 6.45) is 0. The standard InChI is InChI=1S/C14H29N3O3/c1-12(2)15-4-6-19-8-9-20-7-5-16-14(18)13-10-17(3)11-13/h12-13,15H,4-11H2,1-3H3,(H,16,18). The lowest BCUT2D eigenvalue weighted by atomic mass is 10.0. The number of carbonyl (C=O) groups excluding carboxylic acids is 1. The molecule has 6 nitrogen and oxygen atoms in total. The number of carbonyl (C=O) groups is 1. The third-order valence-corrected chi connectivity index (χ3v) is 3.15. The van der Waals surface area contributed by atoms with Gasteiger partial charge in [0, 0.05) is 32.2 Å². The average Bonchev–Trinajstić information content (AvgIpc) is 2.36. The molecule has 0 saturated carbocycles. The van der Waals surface area contributed by atoms with Crippen molar-refractivity contribution < 1.29 is 14.3 Å². The molecule has 118 valence electrons. The molecule has 1 amide bonds. The lowest BCUT2D eigenvalue weighted by Crippen LogP contribution is -2.52. The quantitative estimate of drug-likeness (QED) is 0.511. The van der Waals surface area contributed by atoms with Crippen LogP contribution in [0.25, 0.3) is 0 Å². The van der Waals surface area contributed by atoms with Gasteiger partial charge in [-0.2, -0.15) is 0 Å². The summed E-state index contributed by atoms with van der Waals surface area (Å²) < 4.78 is 10.8. The molecule has 0 radical (unpaired) electrons. The molecule has 0 aliphatic carbocycles. The van der Waals surface area contributed by atoms with Gasteiger partial charge in [-0.3, -0.25) is 4.79 Å². The van der Waals surface area contributed by atoms with Crippen LogP contribution in [0.5, 0.6) is 0 Å². The van der Waals surface area contributed by atoms with E-state index < -0.39 is 0 Å². The molecule has 1 rings (SSSR count). The lowest BCUT2D eigenvalue weighted by Gasteiger charge is -2.34. The van der Waals surface area contributed by atoms with Crippen LogP contribution in [0.15, 0.2) is 0 Å². The summed E-state index contributed by atoms with van der Waals surface area (Å²) in [5, 5.41) is 6.16. The Morgan fingerprint density at radius 3 is 2.30 bits per heavy atom. The van der Waals surface area contributed by atoms with Crippen LogP contribution < -0.4 is 10.6 Å². The van der Waals surface area contributed by atoms with Crippen molar-refractivity contribution in [3.8, 4) is 0 Å². The first-order valence-electron chi connectivity index (χ1n) is 7.44. The molecule has 0 aromatic heterocycles. The minimum atomic E-state index is 0.141. The summed E-state index contributed by atoms with van der Waals surface area (Å²) in [6.45, 7) is 9.81. The topological polar surface area (TPSA) is 62.8 Å². The number of nitrogens with one attached hydrogen (secondary N) is 2. The summed E-state index contributed by atoms with van der Waals surface area (Å²) in [4.78, 5) is 13.7. The van der Waals surface area contributed by atoms with Crippen molar-refractivity contribution >= 4 is 5.91 Å². The molecule has 0 unspecified atom stereocenters. The number of hydrogen-bond donors (Lipinski definition) is 2. The maximum absolute atomic E-state index is 11.6. The highest BCUT2D eigenvalue weighted by atomic mass is 16.5. The Bertz CT molecular complexity index is 268. The summed E-state index contributed by atoms with van der Waals surface area (Å²) in [6, 6.07) is 0.494. The third-order valence-electron chi connectivity index (χ3n) is 3.15. The zero-order chi connectivity index (χ0) is 14.8. The predicted octanol–water partition coefficient (Wildman–Crippen LogP) is -0.305. The average molecular weight is 287 g/mol. The zero-order valence-electron chi connectivity index (χ0n) is 13.0. The number of rotatable bonds is 11. The number of likely N-dealkylation sites (tertiary alicyclic amines) is 1. The second-order valence-corrected chi connectivity index (χ2v) is 5.54. The lowest BCUT2D eigenvalue weighted by molar-refractivity contribution is -0.129. The third kappa shape index (κ3) is 7.79. The van der Waals surface area contributed by atoms with Crippen LogP contribution in [0.4, 0.5) is 0 Å². The van der Waals surface area contributed by atoms with E-state index in [1.165, 1.54) is 0 Å². The van der Waals surface area contributed by atoms with E-state index in [-0.39, 0.29) is 11.8 Å². The van der Waals surface area contributed by atoms with Gasteiger partial charge in [0.25, 0.3) is 0 Å². The molecule has 0 aromatic carbocycles. The van der Waals surface area contributed by atoms with Crippen LogP contribution in [0.2, 0.25) is 0 Å². The molecule has 1 fully saturated rings. The van der Waals surface area contributed by atoms with E-state index in [1.54, 1.807) is 0 Å². The van der Waals surface area contributed by atoms with Gasteiger partial charge < -0.3 is 25.0 Å². The number of amides is 1. The van der Waals surface area contributed by atoms with Gasteiger partial charge in [-0.05, 0) is 7.05 Å². The van der Waals surface area contributed by atoms with Crippen molar-refractivity contribution in [3.63, 3.8) is 0 Å². The van der Waals surface area contributed by atoms with Crippen LogP contribution in [-0.4, -0.2) is 76.5 Å². The SMILES string of the molecule is CC(C)NCCOCCOCCNC(=O)C1CN(C)C1. The van der Waals surface area contributed by atoms with Gasteiger partial charge in [0.1, 0.15) is 0 Å². The summed E-state index contributed by atoms with van der Waals surface area (Å²) >= 11 is 0. The number of ether oxygens (including phenoxy) is 2. The summed E-state index contributed by atoms with van der Waals surface area (Å²) in [5.74, 6) is 0.305.